The van der Waals surface area contributed by atoms with Gasteiger partial charge in [0.05, 0.1) is 5.75 Å². The van der Waals surface area contributed by atoms with Gasteiger partial charge < -0.3 is 9.88 Å². The van der Waals surface area contributed by atoms with Crippen LogP contribution in [0.5, 0.6) is 0 Å². The lowest BCUT2D eigenvalue weighted by Gasteiger charge is -2.15. The molecule has 2 heterocycles. The molecule has 1 aliphatic heterocycles. The number of aromatic amines is 1. The number of amides is 1. The fourth-order valence-electron chi connectivity index (χ4n) is 2.24. The van der Waals surface area contributed by atoms with Crippen LogP contribution in [0.3, 0.4) is 0 Å². The molecule has 0 aromatic carbocycles. The Morgan fingerprint density at radius 3 is 2.89 bits per heavy atom. The summed E-state index contributed by atoms with van der Waals surface area (Å²) in [5, 5.41) is 0. The SMILES string of the molecule is O=C1CC(CS(=O)(=O)F)CN1CCc1cc[nH]c1. The molecule has 0 radical (unpaired) electrons. The normalized spacial score (nSPS) is 20.6. The molecule has 2 rings (SSSR count). The van der Waals surface area contributed by atoms with E-state index < -0.39 is 21.9 Å². The molecule has 18 heavy (non-hydrogen) atoms. The lowest BCUT2D eigenvalue weighted by Crippen LogP contribution is -2.28. The number of likely N-dealkylation sites (tertiary alicyclic amines) is 1. The van der Waals surface area contributed by atoms with Crippen molar-refractivity contribution in [2.24, 2.45) is 5.92 Å². The van der Waals surface area contributed by atoms with Gasteiger partial charge in [-0.05, 0) is 18.1 Å². The van der Waals surface area contributed by atoms with Crippen LogP contribution in [0.15, 0.2) is 18.5 Å². The quantitative estimate of drug-likeness (QED) is 0.804. The van der Waals surface area contributed by atoms with Gasteiger partial charge in [0, 0.05) is 37.8 Å². The molecule has 1 aromatic rings. The Morgan fingerprint density at radius 1 is 1.50 bits per heavy atom. The molecule has 1 unspecified atom stereocenters. The van der Waals surface area contributed by atoms with E-state index >= 15 is 0 Å². The van der Waals surface area contributed by atoms with Crippen LogP contribution in [0.25, 0.3) is 0 Å². The van der Waals surface area contributed by atoms with Crippen LogP contribution in [-0.4, -0.2) is 43.1 Å². The van der Waals surface area contributed by atoms with Crippen molar-refractivity contribution < 1.29 is 17.1 Å². The molecule has 1 aromatic heterocycles. The molecule has 7 heteroatoms. The maximum Gasteiger partial charge on any atom is 0.302 e. The Morgan fingerprint density at radius 2 is 2.28 bits per heavy atom. The second-order valence-electron chi connectivity index (χ2n) is 4.58. The fraction of sp³-hybridized carbons (Fsp3) is 0.545. The Kier molecular flexibility index (Phi) is 3.70. The number of hydrogen-bond donors (Lipinski definition) is 1. The van der Waals surface area contributed by atoms with Crippen molar-refractivity contribution in [1.29, 1.82) is 0 Å². The van der Waals surface area contributed by atoms with Crippen LogP contribution in [0.1, 0.15) is 12.0 Å². The van der Waals surface area contributed by atoms with E-state index in [-0.39, 0.29) is 12.3 Å². The number of carbonyl (C=O) groups is 1. The molecule has 1 N–H and O–H groups in total. The largest absolute Gasteiger partial charge is 0.367 e. The summed E-state index contributed by atoms with van der Waals surface area (Å²) in [7, 11) is -4.50. The molecule has 0 aliphatic carbocycles. The summed E-state index contributed by atoms with van der Waals surface area (Å²) < 4.78 is 33.6. The Hall–Kier alpha value is -1.37. The average Bonchev–Trinajstić information content (AvgIpc) is 2.83. The third-order valence-electron chi connectivity index (χ3n) is 3.06. The molecule has 1 amide bonds. The minimum atomic E-state index is -4.50. The van der Waals surface area contributed by atoms with Crippen molar-refractivity contribution in [3.8, 4) is 0 Å². The zero-order valence-corrected chi connectivity index (χ0v) is 10.6. The van der Waals surface area contributed by atoms with Crippen molar-refractivity contribution >= 4 is 16.1 Å². The van der Waals surface area contributed by atoms with E-state index in [9.17, 15) is 17.1 Å². The van der Waals surface area contributed by atoms with Crippen molar-refractivity contribution in [2.45, 2.75) is 12.8 Å². The molecule has 1 fully saturated rings. The van der Waals surface area contributed by atoms with Crippen LogP contribution < -0.4 is 0 Å². The van der Waals surface area contributed by atoms with Crippen LogP contribution in [0.4, 0.5) is 3.89 Å². The van der Waals surface area contributed by atoms with Crippen LogP contribution in [-0.2, 0) is 21.4 Å². The topological polar surface area (TPSA) is 70.2 Å². The van der Waals surface area contributed by atoms with Crippen LogP contribution >= 0.6 is 0 Å². The summed E-state index contributed by atoms with van der Waals surface area (Å²) in [5.41, 5.74) is 1.09. The van der Waals surface area contributed by atoms with Gasteiger partial charge in [-0.15, -0.1) is 3.89 Å². The summed E-state index contributed by atoms with van der Waals surface area (Å²) in [6.45, 7) is 0.867. The first-order valence-electron chi connectivity index (χ1n) is 5.76. The predicted octanol–water partition coefficient (Wildman–Crippen LogP) is 0.705. The predicted molar refractivity (Wildman–Crippen MR) is 64.1 cm³/mol. The second-order valence-corrected chi connectivity index (χ2v) is 6.00. The number of halogens is 1. The van der Waals surface area contributed by atoms with Gasteiger partial charge in [0.15, 0.2) is 0 Å². The highest BCUT2D eigenvalue weighted by molar-refractivity contribution is 7.86. The van der Waals surface area contributed by atoms with Gasteiger partial charge in [0.25, 0.3) is 0 Å². The summed E-state index contributed by atoms with van der Waals surface area (Å²) in [6, 6.07) is 1.92. The van der Waals surface area contributed by atoms with Gasteiger partial charge in [-0.25, -0.2) is 0 Å². The van der Waals surface area contributed by atoms with Gasteiger partial charge in [-0.1, -0.05) is 0 Å². The van der Waals surface area contributed by atoms with Crippen molar-refractivity contribution in [3.05, 3.63) is 24.0 Å². The molecule has 0 spiro atoms. The summed E-state index contributed by atoms with van der Waals surface area (Å²) in [4.78, 5) is 16.2. The fourth-order valence-corrected chi connectivity index (χ4v) is 3.03. The first-order valence-corrected chi connectivity index (χ1v) is 7.31. The van der Waals surface area contributed by atoms with Gasteiger partial charge in [0.1, 0.15) is 0 Å². The van der Waals surface area contributed by atoms with Gasteiger partial charge in [-0.3, -0.25) is 4.79 Å². The van der Waals surface area contributed by atoms with Gasteiger partial charge >= 0.3 is 10.2 Å². The van der Waals surface area contributed by atoms with Gasteiger partial charge in [0.2, 0.25) is 5.91 Å². The molecule has 0 bridgehead atoms. The number of carbonyl (C=O) groups excluding carboxylic acids is 1. The summed E-state index contributed by atoms with van der Waals surface area (Å²) in [6.07, 6.45) is 4.49. The van der Waals surface area contributed by atoms with E-state index in [1.807, 2.05) is 12.3 Å². The maximum absolute atomic E-state index is 12.5. The van der Waals surface area contributed by atoms with E-state index in [4.69, 9.17) is 0 Å². The van der Waals surface area contributed by atoms with E-state index in [2.05, 4.69) is 4.98 Å². The van der Waals surface area contributed by atoms with Crippen molar-refractivity contribution in [1.82, 2.24) is 9.88 Å². The van der Waals surface area contributed by atoms with Crippen molar-refractivity contribution in [3.63, 3.8) is 0 Å². The van der Waals surface area contributed by atoms with E-state index in [1.165, 1.54) is 0 Å². The minimum absolute atomic E-state index is 0.0980. The standard InChI is InChI=1S/C11H15FN2O3S/c12-18(16,17)8-10-5-11(15)14(7-10)4-2-9-1-3-13-6-9/h1,3,6,10,13H,2,4-5,7-8H2. The Bertz CT molecular complexity index is 512. The highest BCUT2D eigenvalue weighted by Gasteiger charge is 2.32. The molecule has 100 valence electrons. The number of rotatable bonds is 5. The van der Waals surface area contributed by atoms with Crippen molar-refractivity contribution in [2.75, 3.05) is 18.8 Å². The highest BCUT2D eigenvalue weighted by Crippen LogP contribution is 2.20. The summed E-state index contributed by atoms with van der Waals surface area (Å²) in [5.74, 6) is -1.07. The monoisotopic (exact) mass is 274 g/mol. The zero-order valence-electron chi connectivity index (χ0n) is 9.80. The molecular weight excluding hydrogens is 259 g/mol. The van der Waals surface area contributed by atoms with Gasteiger partial charge in [-0.2, -0.15) is 8.42 Å². The minimum Gasteiger partial charge on any atom is -0.367 e. The molecule has 5 nitrogen and oxygen atoms in total. The van der Waals surface area contributed by atoms with Crippen LogP contribution in [0, 0.1) is 5.92 Å². The molecular formula is C11H15FN2O3S. The van der Waals surface area contributed by atoms with Crippen LogP contribution in [0.2, 0.25) is 0 Å². The number of H-pyrrole nitrogens is 1. The number of hydrogen-bond acceptors (Lipinski definition) is 3. The highest BCUT2D eigenvalue weighted by atomic mass is 32.3. The number of aromatic nitrogens is 1. The first kappa shape index (κ1) is 13.1. The number of nitrogens with one attached hydrogen (secondary N) is 1. The lowest BCUT2D eigenvalue weighted by molar-refractivity contribution is -0.127. The molecule has 0 saturated carbocycles. The van der Waals surface area contributed by atoms with E-state index in [0.29, 0.717) is 19.5 Å². The third-order valence-corrected chi connectivity index (χ3v) is 3.93. The summed E-state index contributed by atoms with van der Waals surface area (Å²) >= 11 is 0. The zero-order chi connectivity index (χ0) is 13.2. The average molecular weight is 274 g/mol. The number of nitrogens with zero attached hydrogens (tertiary/aromatic N) is 1. The van der Waals surface area contributed by atoms with E-state index in [1.54, 1.807) is 11.1 Å². The molecule has 1 atom stereocenters. The Balaban J connectivity index is 1.86. The Labute approximate surface area is 105 Å². The first-order chi connectivity index (χ1) is 8.44. The smallest absolute Gasteiger partial charge is 0.302 e. The molecule has 1 aliphatic rings. The maximum atomic E-state index is 12.5. The second kappa shape index (κ2) is 5.09. The molecule has 1 saturated heterocycles. The van der Waals surface area contributed by atoms with E-state index in [0.717, 1.165) is 5.56 Å². The lowest BCUT2D eigenvalue weighted by atomic mass is 10.1. The third kappa shape index (κ3) is 3.56.